The predicted octanol–water partition coefficient (Wildman–Crippen LogP) is 1.16. The summed E-state index contributed by atoms with van der Waals surface area (Å²) in [4.78, 5) is 20.2. The van der Waals surface area contributed by atoms with Crippen molar-refractivity contribution in [1.82, 2.24) is 0 Å². The number of ether oxygens (including phenoxy) is 1. The van der Waals surface area contributed by atoms with E-state index in [0.717, 1.165) is 0 Å². The summed E-state index contributed by atoms with van der Waals surface area (Å²) in [7, 11) is 0. The molecule has 0 rings (SSSR count). The minimum Gasteiger partial charge on any atom is -0.456 e. The van der Waals surface area contributed by atoms with E-state index in [1.165, 1.54) is 6.92 Å². The van der Waals surface area contributed by atoms with Gasteiger partial charge < -0.3 is 4.74 Å². The zero-order chi connectivity index (χ0) is 10.3. The molecule has 0 aliphatic heterocycles. The predicted molar refractivity (Wildman–Crippen MR) is 46.8 cm³/mol. The second-order valence-electron chi connectivity index (χ2n) is 2.61. The fraction of sp³-hybridized carbons (Fsp3) is 0.625. The average Bonchev–Trinajstić information content (AvgIpc) is 1.98. The number of esters is 1. The number of carbonyl (C=O) groups is 1. The van der Waals surface area contributed by atoms with Crippen molar-refractivity contribution in [3.8, 4) is 0 Å². The molecule has 74 valence electrons. The average molecular weight is 187 g/mol. The Morgan fingerprint density at radius 2 is 2.38 bits per heavy atom. The number of hydrogen-bond acceptors (Lipinski definition) is 4. The standard InChI is InChI=1S/C8H13NO4/c1-3-4-5-8(6-9(11)12)13-7(2)10/h3,8H,1,4-6H2,2H3. The molecule has 0 saturated heterocycles. The Balaban J connectivity index is 3.93. The summed E-state index contributed by atoms with van der Waals surface area (Å²) in [5.74, 6) is -0.490. The molecular formula is C8H13NO4. The van der Waals surface area contributed by atoms with Gasteiger partial charge in [-0.2, -0.15) is 0 Å². The Labute approximate surface area is 76.5 Å². The number of hydrogen-bond donors (Lipinski definition) is 0. The minimum atomic E-state index is -0.634. The highest BCUT2D eigenvalue weighted by Crippen LogP contribution is 2.03. The van der Waals surface area contributed by atoms with Crippen LogP contribution in [0.15, 0.2) is 12.7 Å². The van der Waals surface area contributed by atoms with Crippen LogP contribution in [0.1, 0.15) is 19.8 Å². The van der Waals surface area contributed by atoms with E-state index < -0.39 is 17.0 Å². The molecule has 13 heavy (non-hydrogen) atoms. The molecule has 0 aliphatic carbocycles. The lowest BCUT2D eigenvalue weighted by Crippen LogP contribution is -2.25. The molecule has 0 aromatic heterocycles. The molecule has 0 heterocycles. The third kappa shape index (κ3) is 6.99. The van der Waals surface area contributed by atoms with Gasteiger partial charge in [0.2, 0.25) is 6.54 Å². The third-order valence-corrected chi connectivity index (χ3v) is 1.38. The van der Waals surface area contributed by atoms with E-state index in [1.54, 1.807) is 6.08 Å². The van der Waals surface area contributed by atoms with Gasteiger partial charge in [-0.25, -0.2) is 0 Å². The van der Waals surface area contributed by atoms with Crippen molar-refractivity contribution in [1.29, 1.82) is 0 Å². The smallest absolute Gasteiger partial charge is 0.303 e. The van der Waals surface area contributed by atoms with Gasteiger partial charge in [0.15, 0.2) is 6.10 Å². The summed E-state index contributed by atoms with van der Waals surface area (Å²) in [6, 6.07) is 0. The molecule has 0 saturated carbocycles. The minimum absolute atomic E-state index is 0.340. The molecule has 0 spiro atoms. The van der Waals surface area contributed by atoms with Crippen LogP contribution in [0.25, 0.3) is 0 Å². The number of allylic oxidation sites excluding steroid dienone is 1. The van der Waals surface area contributed by atoms with Crippen molar-refractivity contribution in [2.24, 2.45) is 0 Å². The summed E-state index contributed by atoms with van der Waals surface area (Å²) < 4.78 is 4.73. The molecule has 0 amide bonds. The van der Waals surface area contributed by atoms with E-state index in [0.29, 0.717) is 12.8 Å². The van der Waals surface area contributed by atoms with Crippen molar-refractivity contribution < 1.29 is 14.5 Å². The lowest BCUT2D eigenvalue weighted by Gasteiger charge is -2.11. The second-order valence-corrected chi connectivity index (χ2v) is 2.61. The largest absolute Gasteiger partial charge is 0.456 e. The Morgan fingerprint density at radius 1 is 1.77 bits per heavy atom. The van der Waals surface area contributed by atoms with Gasteiger partial charge in [0.25, 0.3) is 0 Å². The van der Waals surface area contributed by atoms with E-state index >= 15 is 0 Å². The molecule has 5 heteroatoms. The molecule has 0 bridgehead atoms. The summed E-state index contributed by atoms with van der Waals surface area (Å²) in [5.41, 5.74) is 0. The van der Waals surface area contributed by atoms with Crippen LogP contribution in [0.3, 0.4) is 0 Å². The van der Waals surface area contributed by atoms with Gasteiger partial charge in [-0.1, -0.05) is 6.08 Å². The Kier molecular flexibility index (Phi) is 5.50. The summed E-state index contributed by atoms with van der Waals surface area (Å²) in [6.07, 6.45) is 2.05. The van der Waals surface area contributed by atoms with Crippen molar-refractivity contribution in [2.45, 2.75) is 25.9 Å². The quantitative estimate of drug-likeness (QED) is 0.271. The van der Waals surface area contributed by atoms with E-state index in [-0.39, 0.29) is 6.54 Å². The van der Waals surface area contributed by atoms with Crippen LogP contribution < -0.4 is 0 Å². The molecular weight excluding hydrogens is 174 g/mol. The lowest BCUT2D eigenvalue weighted by molar-refractivity contribution is -0.490. The Morgan fingerprint density at radius 3 is 2.77 bits per heavy atom. The molecule has 0 aromatic rings. The van der Waals surface area contributed by atoms with Crippen molar-refractivity contribution >= 4 is 5.97 Å². The fourth-order valence-electron chi connectivity index (χ4n) is 0.892. The van der Waals surface area contributed by atoms with Gasteiger partial charge in [0, 0.05) is 11.8 Å². The van der Waals surface area contributed by atoms with E-state index in [4.69, 9.17) is 4.74 Å². The highest BCUT2D eigenvalue weighted by Gasteiger charge is 2.17. The summed E-state index contributed by atoms with van der Waals surface area (Å²) >= 11 is 0. The highest BCUT2D eigenvalue weighted by molar-refractivity contribution is 5.66. The normalized spacial score (nSPS) is 11.8. The van der Waals surface area contributed by atoms with E-state index in [2.05, 4.69) is 6.58 Å². The lowest BCUT2D eigenvalue weighted by atomic mass is 10.2. The molecule has 1 unspecified atom stereocenters. The first-order valence-electron chi connectivity index (χ1n) is 3.96. The van der Waals surface area contributed by atoms with Gasteiger partial charge in [0.05, 0.1) is 0 Å². The monoisotopic (exact) mass is 187 g/mol. The molecule has 5 nitrogen and oxygen atoms in total. The van der Waals surface area contributed by atoms with Crippen molar-refractivity contribution in [2.75, 3.05) is 6.54 Å². The third-order valence-electron chi connectivity index (χ3n) is 1.38. The van der Waals surface area contributed by atoms with Gasteiger partial charge in [0.1, 0.15) is 0 Å². The number of carbonyl (C=O) groups excluding carboxylic acids is 1. The van der Waals surface area contributed by atoms with Crippen LogP contribution in [0.2, 0.25) is 0 Å². The van der Waals surface area contributed by atoms with Gasteiger partial charge in [-0.15, -0.1) is 6.58 Å². The van der Waals surface area contributed by atoms with E-state index in [9.17, 15) is 14.9 Å². The number of rotatable bonds is 6. The summed E-state index contributed by atoms with van der Waals surface area (Å²) in [6.45, 7) is 4.38. The van der Waals surface area contributed by atoms with Crippen LogP contribution in [-0.2, 0) is 9.53 Å². The van der Waals surface area contributed by atoms with Crippen LogP contribution >= 0.6 is 0 Å². The summed E-state index contributed by atoms with van der Waals surface area (Å²) in [5, 5.41) is 10.1. The van der Waals surface area contributed by atoms with Crippen molar-refractivity contribution in [3.63, 3.8) is 0 Å². The first-order valence-corrected chi connectivity index (χ1v) is 3.96. The molecule has 0 aliphatic rings. The van der Waals surface area contributed by atoms with Crippen molar-refractivity contribution in [3.05, 3.63) is 22.8 Å². The van der Waals surface area contributed by atoms with Crippen LogP contribution in [0, 0.1) is 10.1 Å². The SMILES string of the molecule is C=CCCC(C[N+](=O)[O-])OC(C)=O. The maximum Gasteiger partial charge on any atom is 0.303 e. The Bertz CT molecular complexity index is 186. The van der Waals surface area contributed by atoms with Crippen LogP contribution in [-0.4, -0.2) is 23.5 Å². The molecule has 0 N–H and O–H groups in total. The number of nitrogens with zero attached hydrogens (tertiary/aromatic N) is 1. The topological polar surface area (TPSA) is 69.4 Å². The zero-order valence-corrected chi connectivity index (χ0v) is 7.56. The highest BCUT2D eigenvalue weighted by atomic mass is 16.6. The second kappa shape index (κ2) is 6.16. The van der Waals surface area contributed by atoms with Gasteiger partial charge in [-0.05, 0) is 12.8 Å². The first kappa shape index (κ1) is 11.6. The molecule has 0 radical (unpaired) electrons. The van der Waals surface area contributed by atoms with Gasteiger partial charge >= 0.3 is 5.97 Å². The first-order chi connectivity index (χ1) is 6.06. The number of nitro groups is 1. The molecule has 1 atom stereocenters. The van der Waals surface area contributed by atoms with Crippen LogP contribution in [0.5, 0.6) is 0 Å². The maximum absolute atomic E-state index is 10.5. The van der Waals surface area contributed by atoms with E-state index in [1.807, 2.05) is 0 Å². The molecule has 0 fully saturated rings. The Hall–Kier alpha value is -1.39. The maximum atomic E-state index is 10.5. The van der Waals surface area contributed by atoms with Crippen LogP contribution in [0.4, 0.5) is 0 Å². The zero-order valence-electron chi connectivity index (χ0n) is 7.56. The molecule has 0 aromatic carbocycles. The van der Waals surface area contributed by atoms with Gasteiger partial charge in [-0.3, -0.25) is 14.9 Å². The fourth-order valence-corrected chi connectivity index (χ4v) is 0.892.